The third-order valence-corrected chi connectivity index (χ3v) is 8.14. The number of thiazole rings is 1. The zero-order valence-corrected chi connectivity index (χ0v) is 26.6. The number of ketones is 1. The second-order valence-electron chi connectivity index (χ2n) is 9.39. The minimum absolute atomic E-state index is 0.0738. The predicted molar refractivity (Wildman–Crippen MR) is 179 cm³/mol. The summed E-state index contributed by atoms with van der Waals surface area (Å²) in [5.41, 5.74) is 2.42. The Bertz CT molecular complexity index is 1600. The van der Waals surface area contributed by atoms with Crippen LogP contribution < -0.4 is 9.64 Å². The second kappa shape index (κ2) is 17.6. The standard InChI is InChI=1S/C32H34N6O5S2/c1-4-26(39)22-41-18-7-8-19-42-27-15-11-24(12-16-27)34-36-29-21-28-31(45-29)33-32(44-28)37-35-23-9-13-25(14-10-23)38(6-3)17-20-43-30(40)5-2/h4-5,9-16,21H,1-2,6-8,17-20,22H2,3H3/b36-34+,37-35+. The molecule has 0 aliphatic carbocycles. The van der Waals surface area contributed by atoms with Gasteiger partial charge < -0.3 is 19.1 Å². The highest BCUT2D eigenvalue weighted by Gasteiger charge is 2.09. The average Bonchev–Trinajstić information content (AvgIpc) is 3.63. The number of nitrogens with zero attached hydrogens (tertiary/aromatic N) is 6. The van der Waals surface area contributed by atoms with Crippen molar-refractivity contribution in [1.29, 1.82) is 0 Å². The van der Waals surface area contributed by atoms with E-state index >= 15 is 0 Å². The first kappa shape index (κ1) is 33.3. The second-order valence-corrected chi connectivity index (χ2v) is 11.4. The molecule has 0 saturated heterocycles. The number of rotatable bonds is 19. The van der Waals surface area contributed by atoms with Crippen molar-refractivity contribution in [1.82, 2.24) is 4.98 Å². The van der Waals surface area contributed by atoms with Gasteiger partial charge in [-0.15, -0.1) is 20.5 Å². The maximum absolute atomic E-state index is 11.3. The van der Waals surface area contributed by atoms with Gasteiger partial charge in [-0.25, -0.2) is 9.78 Å². The van der Waals surface area contributed by atoms with Crippen LogP contribution in [-0.2, 0) is 19.1 Å². The van der Waals surface area contributed by atoms with Crippen molar-refractivity contribution in [3.63, 3.8) is 0 Å². The van der Waals surface area contributed by atoms with Crippen LogP contribution in [0.15, 0.2) is 100 Å². The Morgan fingerprint density at radius 1 is 0.889 bits per heavy atom. The first-order valence-corrected chi connectivity index (χ1v) is 15.9. The highest BCUT2D eigenvalue weighted by atomic mass is 32.1. The normalized spacial score (nSPS) is 11.3. The quantitative estimate of drug-likeness (QED) is 0.0431. The minimum atomic E-state index is -0.426. The minimum Gasteiger partial charge on any atom is -0.494 e. The average molecular weight is 647 g/mol. The fourth-order valence-electron chi connectivity index (χ4n) is 3.86. The van der Waals surface area contributed by atoms with E-state index in [0.717, 1.165) is 51.4 Å². The van der Waals surface area contributed by atoms with E-state index in [-0.39, 0.29) is 19.0 Å². The van der Waals surface area contributed by atoms with Crippen molar-refractivity contribution in [2.75, 3.05) is 44.4 Å². The first-order valence-electron chi connectivity index (χ1n) is 14.3. The number of aromatic nitrogens is 1. The van der Waals surface area contributed by atoms with Crippen molar-refractivity contribution >= 4 is 71.2 Å². The Kier molecular flexibility index (Phi) is 13.1. The van der Waals surface area contributed by atoms with Crippen LogP contribution in [0.1, 0.15) is 19.8 Å². The summed E-state index contributed by atoms with van der Waals surface area (Å²) in [6.07, 6.45) is 4.05. The monoisotopic (exact) mass is 646 g/mol. The van der Waals surface area contributed by atoms with Gasteiger partial charge in [0.15, 0.2) is 5.78 Å². The van der Waals surface area contributed by atoms with E-state index in [1.165, 1.54) is 28.7 Å². The molecule has 0 bridgehead atoms. The number of hydrogen-bond acceptors (Lipinski definition) is 13. The number of carbonyl (C=O) groups excluding carboxylic acids is 2. The number of benzene rings is 2. The molecular weight excluding hydrogens is 613 g/mol. The van der Waals surface area contributed by atoms with E-state index in [1.807, 2.05) is 61.5 Å². The van der Waals surface area contributed by atoms with E-state index in [0.29, 0.717) is 36.3 Å². The first-order chi connectivity index (χ1) is 22.0. The Balaban J connectivity index is 1.22. The van der Waals surface area contributed by atoms with Crippen LogP contribution in [0.5, 0.6) is 5.75 Å². The zero-order chi connectivity index (χ0) is 31.9. The molecule has 2 heterocycles. The Labute approximate surface area is 269 Å². The van der Waals surface area contributed by atoms with Crippen molar-refractivity contribution in [2.45, 2.75) is 19.8 Å². The van der Waals surface area contributed by atoms with Gasteiger partial charge in [-0.1, -0.05) is 35.8 Å². The van der Waals surface area contributed by atoms with Gasteiger partial charge in [0.25, 0.3) is 0 Å². The number of hydrogen-bond donors (Lipinski definition) is 0. The molecule has 0 unspecified atom stereocenters. The van der Waals surface area contributed by atoms with Crippen LogP contribution in [0, 0.1) is 0 Å². The number of fused-ring (bicyclic) bond motifs is 1. The maximum atomic E-state index is 11.3. The smallest absolute Gasteiger partial charge is 0.330 e. The Hall–Kier alpha value is -4.59. The van der Waals surface area contributed by atoms with Crippen LogP contribution in [-0.4, -0.2) is 56.3 Å². The van der Waals surface area contributed by atoms with Gasteiger partial charge in [-0.2, -0.15) is 0 Å². The molecule has 0 radical (unpaired) electrons. The number of esters is 1. The molecule has 0 aliphatic heterocycles. The molecule has 0 N–H and O–H groups in total. The molecule has 2 aromatic carbocycles. The van der Waals surface area contributed by atoms with Gasteiger partial charge in [0, 0.05) is 24.9 Å². The number of carbonyl (C=O) groups is 2. The van der Waals surface area contributed by atoms with E-state index < -0.39 is 5.97 Å². The summed E-state index contributed by atoms with van der Waals surface area (Å²) in [4.78, 5) is 29.9. The van der Waals surface area contributed by atoms with Crippen LogP contribution in [0.4, 0.5) is 27.2 Å². The van der Waals surface area contributed by atoms with Crippen molar-refractivity contribution in [3.8, 4) is 5.75 Å². The highest BCUT2D eigenvalue weighted by Crippen LogP contribution is 2.39. The molecule has 0 aliphatic rings. The summed E-state index contributed by atoms with van der Waals surface area (Å²) >= 11 is 2.88. The molecule has 45 heavy (non-hydrogen) atoms. The molecule has 0 spiro atoms. The van der Waals surface area contributed by atoms with Gasteiger partial charge in [0.1, 0.15) is 28.8 Å². The lowest BCUT2D eigenvalue weighted by Crippen LogP contribution is -2.27. The van der Waals surface area contributed by atoms with Crippen LogP contribution in [0.25, 0.3) is 9.53 Å². The number of azo groups is 2. The molecule has 0 fully saturated rings. The highest BCUT2D eigenvalue weighted by molar-refractivity contribution is 7.30. The largest absolute Gasteiger partial charge is 0.494 e. The third kappa shape index (κ3) is 10.8. The molecule has 0 atom stereocenters. The Morgan fingerprint density at radius 3 is 2.29 bits per heavy atom. The van der Waals surface area contributed by atoms with E-state index in [4.69, 9.17) is 14.2 Å². The van der Waals surface area contributed by atoms with Crippen LogP contribution in [0.3, 0.4) is 0 Å². The lowest BCUT2D eigenvalue weighted by atomic mass is 10.2. The molecular formula is C32H34N6O5S2. The molecule has 0 saturated carbocycles. The molecule has 2 aromatic heterocycles. The topological polar surface area (TPSA) is 127 Å². The number of unbranched alkanes of at least 4 members (excludes halogenated alkanes) is 1. The van der Waals surface area contributed by atoms with Crippen molar-refractivity contribution in [2.24, 2.45) is 20.5 Å². The number of thiophene rings is 1. The maximum Gasteiger partial charge on any atom is 0.330 e. The summed E-state index contributed by atoms with van der Waals surface area (Å²) in [6, 6.07) is 17.1. The molecule has 234 valence electrons. The summed E-state index contributed by atoms with van der Waals surface area (Å²) in [5, 5.41) is 18.6. The Morgan fingerprint density at radius 2 is 1.60 bits per heavy atom. The molecule has 13 heteroatoms. The fraction of sp³-hybridized carbons (Fsp3) is 0.281. The third-order valence-electron chi connectivity index (χ3n) is 6.21. The van der Waals surface area contributed by atoms with Crippen molar-refractivity contribution < 1.29 is 23.8 Å². The van der Waals surface area contributed by atoms with Gasteiger partial charge in [-0.3, -0.25) is 4.79 Å². The molecule has 4 aromatic rings. The van der Waals surface area contributed by atoms with Gasteiger partial charge in [0.05, 0.1) is 29.2 Å². The summed E-state index contributed by atoms with van der Waals surface area (Å²) < 4.78 is 17.1. The van der Waals surface area contributed by atoms with E-state index in [2.05, 4.69) is 43.5 Å². The molecule has 11 nitrogen and oxygen atoms in total. The van der Waals surface area contributed by atoms with Crippen LogP contribution >= 0.6 is 22.7 Å². The lowest BCUT2D eigenvalue weighted by Gasteiger charge is -2.22. The van der Waals surface area contributed by atoms with Gasteiger partial charge in [0.2, 0.25) is 5.13 Å². The van der Waals surface area contributed by atoms with E-state index in [9.17, 15) is 9.59 Å². The summed E-state index contributed by atoms with van der Waals surface area (Å²) in [7, 11) is 0. The zero-order valence-electron chi connectivity index (χ0n) is 25.0. The number of anilines is 1. The predicted octanol–water partition coefficient (Wildman–Crippen LogP) is 8.67. The van der Waals surface area contributed by atoms with Crippen LogP contribution in [0.2, 0.25) is 0 Å². The van der Waals surface area contributed by atoms with Gasteiger partial charge >= 0.3 is 5.97 Å². The van der Waals surface area contributed by atoms with Gasteiger partial charge in [-0.05, 0) is 80.4 Å². The lowest BCUT2D eigenvalue weighted by molar-refractivity contribution is -0.137. The fourth-order valence-corrected chi connectivity index (χ4v) is 5.71. The number of ether oxygens (including phenoxy) is 3. The van der Waals surface area contributed by atoms with Crippen molar-refractivity contribution in [3.05, 3.63) is 79.9 Å². The molecule has 4 rings (SSSR count). The number of likely N-dealkylation sites (N-methyl/N-ethyl adjacent to an activating group) is 1. The van der Waals surface area contributed by atoms with E-state index in [1.54, 1.807) is 0 Å². The molecule has 0 amide bonds. The summed E-state index contributed by atoms with van der Waals surface area (Å²) in [5.74, 6) is 0.210. The SMILES string of the molecule is C=CC(=O)COCCCCOc1ccc(/N=N/c2cc3sc(/N=N/c4ccc(N(CC)CCOC(=O)C=C)cc4)nc3s2)cc1. The summed E-state index contributed by atoms with van der Waals surface area (Å²) in [6.45, 7) is 11.6.